The number of nitrogens with zero attached hydrogens (tertiary/aromatic N) is 4. The molecule has 0 aliphatic rings. The lowest BCUT2D eigenvalue weighted by Crippen LogP contribution is -2.13. The maximum Gasteiger partial charge on any atom is 0.261 e. The number of hydrogen-bond acceptors (Lipinski definition) is 7. The van der Waals surface area contributed by atoms with Crippen molar-refractivity contribution in [1.29, 1.82) is 5.26 Å². The topological polar surface area (TPSA) is 144 Å². The van der Waals surface area contributed by atoms with Crippen LogP contribution in [-0.4, -0.2) is 23.0 Å². The van der Waals surface area contributed by atoms with Crippen LogP contribution in [-0.2, 0) is 10.0 Å². The van der Waals surface area contributed by atoms with Crippen molar-refractivity contribution in [2.45, 2.75) is 4.90 Å². The highest BCUT2D eigenvalue weighted by Gasteiger charge is 2.15. The van der Waals surface area contributed by atoms with Crippen LogP contribution in [0.4, 0.5) is 11.5 Å². The van der Waals surface area contributed by atoms with E-state index in [0.29, 0.717) is 17.0 Å². The maximum atomic E-state index is 12.6. The van der Waals surface area contributed by atoms with E-state index in [1.807, 2.05) is 6.07 Å². The molecule has 148 valence electrons. The Balaban J connectivity index is 1.68. The summed E-state index contributed by atoms with van der Waals surface area (Å²) < 4.78 is 29.3. The number of nitrogens with one attached hydrogen (secondary N) is 1. The van der Waals surface area contributed by atoms with Crippen LogP contribution >= 0.6 is 0 Å². The van der Waals surface area contributed by atoms with Crippen molar-refractivity contribution in [3.05, 3.63) is 82.9 Å². The summed E-state index contributed by atoms with van der Waals surface area (Å²) in [7, 11) is -3.86. The van der Waals surface area contributed by atoms with Gasteiger partial charge >= 0.3 is 0 Å². The van der Waals surface area contributed by atoms with Crippen LogP contribution in [0.5, 0.6) is 0 Å². The molecule has 0 bridgehead atoms. The van der Waals surface area contributed by atoms with Crippen LogP contribution in [0.3, 0.4) is 0 Å². The van der Waals surface area contributed by atoms with E-state index in [0.717, 1.165) is 0 Å². The van der Waals surface area contributed by atoms with E-state index in [2.05, 4.69) is 14.7 Å². The summed E-state index contributed by atoms with van der Waals surface area (Å²) in [5.41, 5.74) is 7.10. The fourth-order valence-corrected chi connectivity index (χ4v) is 4.05. The molecule has 0 unspecified atom stereocenters. The van der Waals surface area contributed by atoms with Gasteiger partial charge in [-0.05, 0) is 42.5 Å². The average Bonchev–Trinajstić information content (AvgIpc) is 2.74. The Morgan fingerprint density at radius 2 is 1.83 bits per heavy atom. The van der Waals surface area contributed by atoms with Gasteiger partial charge in [0.25, 0.3) is 10.0 Å². The minimum atomic E-state index is -3.86. The number of pyridine rings is 1. The summed E-state index contributed by atoms with van der Waals surface area (Å²) in [6.07, 6.45) is 2.83. The molecule has 0 fully saturated rings. The SMILES string of the molecule is N#Cc1cccc(S(=O)(=O)Nc2ccc(-n3ccc(=O)c4c(N)ncnc43)cc2)c1. The molecule has 4 aromatic rings. The highest BCUT2D eigenvalue weighted by Crippen LogP contribution is 2.21. The first kappa shape index (κ1) is 19.1. The molecular weight excluding hydrogens is 404 g/mol. The normalized spacial score (nSPS) is 11.2. The first-order valence-corrected chi connectivity index (χ1v) is 10.1. The largest absolute Gasteiger partial charge is 0.383 e. The molecule has 0 radical (unpaired) electrons. The molecule has 0 aliphatic heterocycles. The Hall–Kier alpha value is -4.23. The number of anilines is 2. The lowest BCUT2D eigenvalue weighted by molar-refractivity contribution is 0.601. The number of benzene rings is 2. The molecule has 3 N–H and O–H groups in total. The molecule has 2 aromatic carbocycles. The first-order chi connectivity index (χ1) is 14.4. The number of aromatic nitrogens is 3. The van der Waals surface area contributed by atoms with Gasteiger partial charge in [0.2, 0.25) is 0 Å². The second-order valence-electron chi connectivity index (χ2n) is 6.30. The molecule has 0 atom stereocenters. The number of hydrogen-bond donors (Lipinski definition) is 2. The van der Waals surface area contributed by atoms with E-state index in [1.165, 1.54) is 36.7 Å². The van der Waals surface area contributed by atoms with Crippen molar-refractivity contribution < 1.29 is 8.42 Å². The summed E-state index contributed by atoms with van der Waals surface area (Å²) in [4.78, 5) is 20.1. The molecule has 0 saturated heterocycles. The van der Waals surface area contributed by atoms with Gasteiger partial charge in [-0.3, -0.25) is 9.52 Å². The minimum absolute atomic E-state index is 0.01000. The van der Waals surface area contributed by atoms with Gasteiger partial charge in [-0.1, -0.05) is 6.07 Å². The number of nitrogen functional groups attached to an aromatic ring is 1. The standard InChI is InChI=1S/C20H14N6O3S/c21-11-13-2-1-3-16(10-13)30(28,29)25-14-4-6-15(7-5-14)26-9-8-17(27)18-19(22)23-12-24-20(18)26/h1-10,12,25H,(H2,22,23,24). The summed E-state index contributed by atoms with van der Waals surface area (Å²) >= 11 is 0. The van der Waals surface area contributed by atoms with Gasteiger partial charge < -0.3 is 10.3 Å². The van der Waals surface area contributed by atoms with E-state index in [-0.39, 0.29) is 27.1 Å². The lowest BCUT2D eigenvalue weighted by Gasteiger charge is -2.12. The van der Waals surface area contributed by atoms with Crippen molar-refractivity contribution >= 4 is 32.6 Å². The molecule has 0 saturated carbocycles. The smallest absolute Gasteiger partial charge is 0.261 e. The van der Waals surface area contributed by atoms with E-state index >= 15 is 0 Å². The number of rotatable bonds is 4. The molecule has 4 rings (SSSR count). The third-order valence-electron chi connectivity index (χ3n) is 4.38. The second-order valence-corrected chi connectivity index (χ2v) is 7.98. The molecule has 10 heteroatoms. The summed E-state index contributed by atoms with van der Waals surface area (Å²) in [5.74, 6) is 0.0864. The fraction of sp³-hybridized carbons (Fsp3) is 0. The predicted octanol–water partition coefficient (Wildman–Crippen LogP) is 2.04. The van der Waals surface area contributed by atoms with Crippen molar-refractivity contribution in [2.75, 3.05) is 10.5 Å². The van der Waals surface area contributed by atoms with E-state index in [9.17, 15) is 13.2 Å². The fourth-order valence-electron chi connectivity index (χ4n) is 2.95. The zero-order valence-corrected chi connectivity index (χ0v) is 16.2. The third-order valence-corrected chi connectivity index (χ3v) is 5.76. The molecule has 2 heterocycles. The number of nitriles is 1. The van der Waals surface area contributed by atoms with Crippen LogP contribution in [0.25, 0.3) is 16.7 Å². The Kier molecular flexibility index (Phi) is 4.65. The van der Waals surface area contributed by atoms with Crippen LogP contribution in [0, 0.1) is 11.3 Å². The van der Waals surface area contributed by atoms with Gasteiger partial charge in [-0.25, -0.2) is 18.4 Å². The van der Waals surface area contributed by atoms with Crippen LogP contribution in [0.1, 0.15) is 5.56 Å². The van der Waals surface area contributed by atoms with Crippen LogP contribution < -0.4 is 15.9 Å². The third kappa shape index (κ3) is 3.45. The van der Waals surface area contributed by atoms with Crippen molar-refractivity contribution in [3.8, 4) is 11.8 Å². The van der Waals surface area contributed by atoms with Crippen molar-refractivity contribution in [2.24, 2.45) is 0 Å². The Morgan fingerprint density at radius 1 is 1.07 bits per heavy atom. The quantitative estimate of drug-likeness (QED) is 0.516. The number of sulfonamides is 1. The second kappa shape index (κ2) is 7.31. The predicted molar refractivity (Wildman–Crippen MR) is 112 cm³/mol. The van der Waals surface area contributed by atoms with Gasteiger partial charge in [0.15, 0.2) is 11.1 Å². The number of fused-ring (bicyclic) bond motifs is 1. The zero-order valence-electron chi connectivity index (χ0n) is 15.4. The van der Waals surface area contributed by atoms with Gasteiger partial charge in [0, 0.05) is 23.6 Å². The Labute approximate surface area is 171 Å². The van der Waals surface area contributed by atoms with Gasteiger partial charge in [0.05, 0.1) is 16.5 Å². The van der Waals surface area contributed by atoms with E-state index < -0.39 is 10.0 Å². The zero-order chi connectivity index (χ0) is 21.3. The number of nitrogens with two attached hydrogens (primary N) is 1. The Bertz CT molecular complexity index is 1470. The van der Waals surface area contributed by atoms with Crippen LogP contribution in [0.2, 0.25) is 0 Å². The van der Waals surface area contributed by atoms with Crippen molar-refractivity contribution in [3.63, 3.8) is 0 Å². The molecule has 0 spiro atoms. The summed E-state index contributed by atoms with van der Waals surface area (Å²) in [6.45, 7) is 0. The molecule has 2 aromatic heterocycles. The average molecular weight is 418 g/mol. The molecule has 9 nitrogen and oxygen atoms in total. The van der Waals surface area contributed by atoms with Gasteiger partial charge in [0.1, 0.15) is 17.5 Å². The maximum absolute atomic E-state index is 12.6. The van der Waals surface area contributed by atoms with Gasteiger partial charge in [-0.15, -0.1) is 0 Å². The highest BCUT2D eigenvalue weighted by atomic mass is 32.2. The molecule has 0 amide bonds. The highest BCUT2D eigenvalue weighted by molar-refractivity contribution is 7.92. The molecule has 0 aliphatic carbocycles. The minimum Gasteiger partial charge on any atom is -0.383 e. The van der Waals surface area contributed by atoms with Crippen molar-refractivity contribution in [1.82, 2.24) is 14.5 Å². The van der Waals surface area contributed by atoms with Gasteiger partial charge in [-0.2, -0.15) is 5.26 Å². The monoisotopic (exact) mass is 418 g/mol. The lowest BCUT2D eigenvalue weighted by atomic mass is 10.2. The summed E-state index contributed by atoms with van der Waals surface area (Å²) in [5, 5.41) is 9.17. The summed E-state index contributed by atoms with van der Waals surface area (Å²) in [6, 6.07) is 15.5. The molecular formula is C20H14N6O3S. The Morgan fingerprint density at radius 3 is 2.57 bits per heavy atom. The van der Waals surface area contributed by atoms with Crippen LogP contribution in [0.15, 0.2) is 76.8 Å². The van der Waals surface area contributed by atoms with E-state index in [1.54, 1.807) is 35.0 Å². The molecule has 30 heavy (non-hydrogen) atoms. The van der Waals surface area contributed by atoms with E-state index in [4.69, 9.17) is 11.0 Å². The first-order valence-electron chi connectivity index (χ1n) is 8.64.